The Kier molecular flexibility index (Phi) is 5.52. The first kappa shape index (κ1) is 20.1. The van der Waals surface area contributed by atoms with Crippen LogP contribution in [0, 0.1) is 13.8 Å². The molecule has 0 aliphatic carbocycles. The first-order chi connectivity index (χ1) is 12.0. The molecule has 0 aliphatic heterocycles. The molecule has 9 heteroatoms. The zero-order valence-electron chi connectivity index (χ0n) is 15.3. The van der Waals surface area contributed by atoms with E-state index in [9.17, 15) is 16.8 Å². The van der Waals surface area contributed by atoms with E-state index >= 15 is 0 Å². The molecule has 1 N–H and O–H groups in total. The molecule has 26 heavy (non-hydrogen) atoms. The minimum Gasteiger partial charge on any atom is -0.496 e. The molecular formula is C17H22N2O5S2. The van der Waals surface area contributed by atoms with Crippen LogP contribution in [0.5, 0.6) is 5.75 Å². The fourth-order valence-electron chi connectivity index (χ4n) is 2.44. The maximum atomic E-state index is 12.8. The predicted octanol–water partition coefficient (Wildman–Crippen LogP) is 2.51. The minimum absolute atomic E-state index is 0.137. The van der Waals surface area contributed by atoms with Crippen molar-refractivity contribution in [2.24, 2.45) is 0 Å². The number of methoxy groups -OCH3 is 1. The molecule has 2 rings (SSSR count). The van der Waals surface area contributed by atoms with E-state index in [4.69, 9.17) is 4.74 Å². The Morgan fingerprint density at radius 3 is 2.23 bits per heavy atom. The van der Waals surface area contributed by atoms with Crippen molar-refractivity contribution in [3.05, 3.63) is 47.5 Å². The van der Waals surface area contributed by atoms with Crippen molar-refractivity contribution in [1.82, 2.24) is 0 Å². The van der Waals surface area contributed by atoms with Crippen LogP contribution in [0.1, 0.15) is 11.1 Å². The highest BCUT2D eigenvalue weighted by atomic mass is 32.2. The van der Waals surface area contributed by atoms with E-state index in [1.165, 1.54) is 20.2 Å². The average molecular weight is 399 g/mol. The fourth-order valence-corrected chi connectivity index (χ4v) is 4.30. The molecular weight excluding hydrogens is 376 g/mol. The van der Waals surface area contributed by atoms with E-state index in [-0.39, 0.29) is 10.6 Å². The van der Waals surface area contributed by atoms with Gasteiger partial charge in [0.05, 0.1) is 29.6 Å². The lowest BCUT2D eigenvalue weighted by Crippen LogP contribution is -2.25. The Morgan fingerprint density at radius 1 is 1.00 bits per heavy atom. The number of ether oxygens (including phenoxy) is 1. The maximum absolute atomic E-state index is 12.8. The molecule has 0 saturated carbocycles. The molecule has 0 aliphatic rings. The summed E-state index contributed by atoms with van der Waals surface area (Å²) in [5, 5.41) is 0. The molecule has 0 fully saturated rings. The molecule has 0 bridgehead atoms. The molecule has 0 amide bonds. The number of hydrogen-bond acceptors (Lipinski definition) is 5. The molecule has 0 atom stereocenters. The van der Waals surface area contributed by atoms with Gasteiger partial charge in [-0.2, -0.15) is 0 Å². The Bertz CT molecular complexity index is 1030. The van der Waals surface area contributed by atoms with E-state index in [1.807, 2.05) is 0 Å². The number of anilines is 2. The van der Waals surface area contributed by atoms with Crippen molar-refractivity contribution < 1.29 is 21.6 Å². The number of nitrogens with one attached hydrogen (secondary N) is 1. The third-order valence-corrected chi connectivity index (χ3v) is 6.67. The van der Waals surface area contributed by atoms with Crippen LogP contribution in [0.2, 0.25) is 0 Å². The van der Waals surface area contributed by atoms with Gasteiger partial charge in [0.25, 0.3) is 10.0 Å². The number of aryl methyl sites for hydroxylation is 2. The van der Waals surface area contributed by atoms with Crippen molar-refractivity contribution in [1.29, 1.82) is 0 Å². The first-order valence-electron chi connectivity index (χ1n) is 7.67. The lowest BCUT2D eigenvalue weighted by Gasteiger charge is -2.18. The zero-order chi connectivity index (χ0) is 19.7. The summed E-state index contributed by atoms with van der Waals surface area (Å²) in [6.07, 6.45) is 1.08. The summed E-state index contributed by atoms with van der Waals surface area (Å²) < 4.78 is 57.7. The van der Waals surface area contributed by atoms with Crippen molar-refractivity contribution in [2.45, 2.75) is 18.7 Å². The lowest BCUT2D eigenvalue weighted by atomic mass is 10.1. The molecule has 0 unspecified atom stereocenters. The second-order valence-electron chi connectivity index (χ2n) is 5.97. The van der Waals surface area contributed by atoms with Gasteiger partial charge < -0.3 is 4.74 Å². The van der Waals surface area contributed by atoms with Crippen LogP contribution in [-0.4, -0.2) is 37.2 Å². The average Bonchev–Trinajstić information content (AvgIpc) is 2.54. The highest BCUT2D eigenvalue weighted by Gasteiger charge is 2.20. The minimum atomic E-state index is -3.84. The van der Waals surface area contributed by atoms with Crippen LogP contribution in [-0.2, 0) is 20.0 Å². The number of rotatable bonds is 6. The summed E-state index contributed by atoms with van der Waals surface area (Å²) >= 11 is 0. The van der Waals surface area contributed by atoms with Gasteiger partial charge in [-0.15, -0.1) is 0 Å². The van der Waals surface area contributed by atoms with Crippen molar-refractivity contribution >= 4 is 31.4 Å². The van der Waals surface area contributed by atoms with Crippen molar-refractivity contribution in [3.8, 4) is 5.75 Å². The molecule has 142 valence electrons. The third kappa shape index (κ3) is 4.28. The standard InChI is InChI=1S/C17H22N2O5S2/c1-12-10-17(13(2)9-16(12)24-4)26(22,23)18-14-7-6-8-15(11-14)19(3)25(5,20)21/h6-11,18H,1-5H3. The Balaban J connectivity index is 2.41. The van der Waals surface area contributed by atoms with Gasteiger partial charge in [-0.1, -0.05) is 6.07 Å². The second kappa shape index (κ2) is 7.16. The second-order valence-corrected chi connectivity index (χ2v) is 9.64. The molecule has 2 aromatic rings. The van der Waals surface area contributed by atoms with Gasteiger partial charge in [-0.25, -0.2) is 16.8 Å². The van der Waals surface area contributed by atoms with Crippen LogP contribution in [0.4, 0.5) is 11.4 Å². The zero-order valence-corrected chi connectivity index (χ0v) is 16.9. The van der Waals surface area contributed by atoms with Gasteiger partial charge in [-0.05, 0) is 55.3 Å². The summed E-state index contributed by atoms with van der Waals surface area (Å²) in [5.74, 6) is 0.609. The van der Waals surface area contributed by atoms with Crippen LogP contribution >= 0.6 is 0 Å². The molecule has 0 radical (unpaired) electrons. The number of benzene rings is 2. The van der Waals surface area contributed by atoms with E-state index < -0.39 is 20.0 Å². The van der Waals surface area contributed by atoms with Crippen LogP contribution in [0.25, 0.3) is 0 Å². The fraction of sp³-hybridized carbons (Fsp3) is 0.294. The smallest absolute Gasteiger partial charge is 0.262 e. The van der Waals surface area contributed by atoms with E-state index in [1.54, 1.807) is 44.2 Å². The summed E-state index contributed by atoms with van der Waals surface area (Å²) in [6.45, 7) is 3.45. The predicted molar refractivity (Wildman–Crippen MR) is 103 cm³/mol. The lowest BCUT2D eigenvalue weighted by molar-refractivity contribution is 0.411. The quantitative estimate of drug-likeness (QED) is 0.807. The maximum Gasteiger partial charge on any atom is 0.262 e. The number of sulfonamides is 2. The normalized spacial score (nSPS) is 11.9. The topological polar surface area (TPSA) is 92.8 Å². The van der Waals surface area contributed by atoms with Crippen LogP contribution in [0.3, 0.4) is 0 Å². The van der Waals surface area contributed by atoms with E-state index in [0.29, 0.717) is 22.6 Å². The Morgan fingerprint density at radius 2 is 1.65 bits per heavy atom. The van der Waals surface area contributed by atoms with Crippen molar-refractivity contribution in [3.63, 3.8) is 0 Å². The van der Waals surface area contributed by atoms with Crippen molar-refractivity contribution in [2.75, 3.05) is 29.4 Å². The first-order valence-corrected chi connectivity index (χ1v) is 11.0. The Labute approximate surface area is 154 Å². The van der Waals surface area contributed by atoms with E-state index in [2.05, 4.69) is 4.72 Å². The van der Waals surface area contributed by atoms with Gasteiger partial charge in [0.2, 0.25) is 10.0 Å². The summed E-state index contributed by atoms with van der Waals surface area (Å²) in [5.41, 5.74) is 1.87. The Hall–Kier alpha value is -2.26. The number of nitrogens with zero attached hydrogens (tertiary/aromatic N) is 1. The summed E-state index contributed by atoms with van der Waals surface area (Å²) in [6, 6.07) is 9.40. The molecule has 0 saturated heterocycles. The summed E-state index contributed by atoms with van der Waals surface area (Å²) in [4.78, 5) is 0.137. The van der Waals surface area contributed by atoms with Crippen LogP contribution in [0.15, 0.2) is 41.3 Å². The summed E-state index contributed by atoms with van der Waals surface area (Å²) in [7, 11) is -4.36. The highest BCUT2D eigenvalue weighted by Crippen LogP contribution is 2.28. The van der Waals surface area contributed by atoms with Gasteiger partial charge in [0, 0.05) is 7.05 Å². The SMILES string of the molecule is COc1cc(C)c(S(=O)(=O)Nc2cccc(N(C)S(C)(=O)=O)c2)cc1C. The van der Waals surface area contributed by atoms with Crippen LogP contribution < -0.4 is 13.8 Å². The molecule has 0 heterocycles. The molecule has 7 nitrogen and oxygen atoms in total. The molecule has 0 spiro atoms. The molecule has 0 aromatic heterocycles. The van der Waals surface area contributed by atoms with Gasteiger partial charge in [0.15, 0.2) is 0 Å². The van der Waals surface area contributed by atoms with Gasteiger partial charge in [-0.3, -0.25) is 9.03 Å². The molecule has 2 aromatic carbocycles. The van der Waals surface area contributed by atoms with E-state index in [0.717, 1.165) is 10.6 Å². The third-order valence-electron chi connectivity index (χ3n) is 3.94. The monoisotopic (exact) mass is 398 g/mol. The largest absolute Gasteiger partial charge is 0.496 e. The highest BCUT2D eigenvalue weighted by molar-refractivity contribution is 7.93. The van der Waals surface area contributed by atoms with Gasteiger partial charge in [0.1, 0.15) is 5.75 Å². The number of hydrogen-bond donors (Lipinski definition) is 1. The van der Waals surface area contributed by atoms with Gasteiger partial charge >= 0.3 is 0 Å².